The molecule has 3 N–H and O–H groups in total. The summed E-state index contributed by atoms with van der Waals surface area (Å²) in [5.74, 6) is -0.315. The highest BCUT2D eigenvalue weighted by Crippen LogP contribution is 2.26. The standard InChI is InChI=1S/C22H28N4O4S/c1-17-10-11-19(16-20(17)31(29,30)26-14-6-3-7-15-26)24-21(27)12-13-23-22(28)25-18-8-4-2-5-9-18/h2,4-5,8-11,16H,3,6-7,12-15H2,1H3,(H,24,27)(H2,23,25,28). The second-order valence-electron chi connectivity index (χ2n) is 7.49. The van der Waals surface area contributed by atoms with Gasteiger partial charge in [0, 0.05) is 37.4 Å². The minimum atomic E-state index is -3.59. The van der Waals surface area contributed by atoms with Gasteiger partial charge < -0.3 is 16.0 Å². The van der Waals surface area contributed by atoms with Crippen molar-refractivity contribution in [2.45, 2.75) is 37.5 Å². The van der Waals surface area contributed by atoms with E-state index in [2.05, 4.69) is 16.0 Å². The highest BCUT2D eigenvalue weighted by Gasteiger charge is 2.27. The molecule has 0 spiro atoms. The third-order valence-electron chi connectivity index (χ3n) is 5.07. The summed E-state index contributed by atoms with van der Waals surface area (Å²) in [5.41, 5.74) is 1.72. The number of nitrogens with zero attached hydrogens (tertiary/aromatic N) is 1. The largest absolute Gasteiger partial charge is 0.337 e. The predicted molar refractivity (Wildman–Crippen MR) is 120 cm³/mol. The van der Waals surface area contributed by atoms with Gasteiger partial charge in [-0.05, 0) is 49.6 Å². The molecule has 2 aromatic rings. The summed E-state index contributed by atoms with van der Waals surface area (Å²) in [4.78, 5) is 24.3. The molecule has 31 heavy (non-hydrogen) atoms. The minimum absolute atomic E-state index is 0.0598. The first-order valence-electron chi connectivity index (χ1n) is 10.4. The Kier molecular flexibility index (Phi) is 7.64. The van der Waals surface area contributed by atoms with Crippen LogP contribution in [0.4, 0.5) is 16.2 Å². The third kappa shape index (κ3) is 6.28. The average molecular weight is 445 g/mol. The SMILES string of the molecule is Cc1ccc(NC(=O)CCNC(=O)Nc2ccccc2)cc1S(=O)(=O)N1CCCCC1. The number of rotatable bonds is 7. The molecule has 0 atom stereocenters. The van der Waals surface area contributed by atoms with Crippen molar-refractivity contribution < 1.29 is 18.0 Å². The van der Waals surface area contributed by atoms with Crippen LogP contribution in [0, 0.1) is 6.92 Å². The first-order chi connectivity index (χ1) is 14.9. The number of urea groups is 1. The molecular formula is C22H28N4O4S. The van der Waals surface area contributed by atoms with E-state index in [9.17, 15) is 18.0 Å². The molecule has 0 bridgehead atoms. The zero-order valence-electron chi connectivity index (χ0n) is 17.6. The number of aryl methyl sites for hydroxylation is 1. The molecule has 1 aliphatic heterocycles. The molecule has 8 nitrogen and oxygen atoms in total. The Morgan fingerprint density at radius 1 is 0.935 bits per heavy atom. The molecule has 0 unspecified atom stereocenters. The number of carbonyl (C=O) groups excluding carboxylic acids is 2. The summed E-state index contributed by atoms with van der Waals surface area (Å²) >= 11 is 0. The van der Waals surface area contributed by atoms with E-state index in [1.807, 2.05) is 18.2 Å². The number of anilines is 2. The van der Waals surface area contributed by atoms with Gasteiger partial charge in [-0.2, -0.15) is 4.31 Å². The van der Waals surface area contributed by atoms with E-state index in [0.717, 1.165) is 19.3 Å². The average Bonchev–Trinajstić information content (AvgIpc) is 2.76. The first kappa shape index (κ1) is 22.8. The summed E-state index contributed by atoms with van der Waals surface area (Å²) in [6.07, 6.45) is 2.82. The fourth-order valence-electron chi connectivity index (χ4n) is 3.41. The highest BCUT2D eigenvalue weighted by molar-refractivity contribution is 7.89. The zero-order chi connectivity index (χ0) is 22.3. The van der Waals surface area contributed by atoms with E-state index in [4.69, 9.17) is 0 Å². The number of para-hydroxylation sites is 1. The van der Waals surface area contributed by atoms with Gasteiger partial charge in [0.15, 0.2) is 0 Å². The molecule has 1 saturated heterocycles. The van der Waals surface area contributed by atoms with Crippen molar-refractivity contribution in [3.63, 3.8) is 0 Å². The van der Waals surface area contributed by atoms with Crippen LogP contribution in [0.15, 0.2) is 53.4 Å². The predicted octanol–water partition coefficient (Wildman–Crippen LogP) is 3.32. The van der Waals surface area contributed by atoms with Crippen molar-refractivity contribution in [1.29, 1.82) is 0 Å². The Labute approximate surface area is 183 Å². The van der Waals surface area contributed by atoms with E-state index in [-0.39, 0.29) is 23.8 Å². The molecule has 1 aliphatic rings. The minimum Gasteiger partial charge on any atom is -0.337 e. The Balaban J connectivity index is 1.54. The van der Waals surface area contributed by atoms with Crippen LogP contribution >= 0.6 is 0 Å². The van der Waals surface area contributed by atoms with Gasteiger partial charge in [-0.1, -0.05) is 30.7 Å². The fraction of sp³-hybridized carbons (Fsp3) is 0.364. The lowest BCUT2D eigenvalue weighted by Gasteiger charge is -2.26. The smallest absolute Gasteiger partial charge is 0.319 e. The highest BCUT2D eigenvalue weighted by atomic mass is 32.2. The summed E-state index contributed by atoms with van der Waals surface area (Å²) in [6.45, 7) is 2.94. The molecule has 0 radical (unpaired) electrons. The van der Waals surface area contributed by atoms with Gasteiger partial charge in [0.05, 0.1) is 4.90 Å². The quantitative estimate of drug-likeness (QED) is 0.609. The van der Waals surface area contributed by atoms with Crippen molar-refractivity contribution in [3.05, 3.63) is 54.1 Å². The monoisotopic (exact) mass is 444 g/mol. The van der Waals surface area contributed by atoms with Crippen molar-refractivity contribution in [2.24, 2.45) is 0 Å². The molecular weight excluding hydrogens is 416 g/mol. The van der Waals surface area contributed by atoms with E-state index in [1.165, 1.54) is 10.4 Å². The van der Waals surface area contributed by atoms with Crippen LogP contribution in [0.5, 0.6) is 0 Å². The maximum atomic E-state index is 13.0. The summed E-state index contributed by atoms with van der Waals surface area (Å²) in [5, 5.41) is 8.01. The second-order valence-corrected chi connectivity index (χ2v) is 9.40. The number of benzene rings is 2. The van der Waals surface area contributed by atoms with Crippen LogP contribution in [0.3, 0.4) is 0 Å². The Bertz CT molecular complexity index is 1020. The first-order valence-corrected chi connectivity index (χ1v) is 11.8. The van der Waals surface area contributed by atoms with Gasteiger partial charge in [0.1, 0.15) is 0 Å². The topological polar surface area (TPSA) is 108 Å². The van der Waals surface area contributed by atoms with Gasteiger partial charge in [0.2, 0.25) is 15.9 Å². The zero-order valence-corrected chi connectivity index (χ0v) is 18.4. The van der Waals surface area contributed by atoms with Gasteiger partial charge in [-0.25, -0.2) is 13.2 Å². The molecule has 166 valence electrons. The number of hydrogen-bond acceptors (Lipinski definition) is 4. The van der Waals surface area contributed by atoms with E-state index >= 15 is 0 Å². The maximum Gasteiger partial charge on any atom is 0.319 e. The van der Waals surface area contributed by atoms with Gasteiger partial charge in [-0.15, -0.1) is 0 Å². The van der Waals surface area contributed by atoms with Gasteiger partial charge in [-0.3, -0.25) is 4.79 Å². The number of carbonyl (C=O) groups is 2. The number of hydrogen-bond donors (Lipinski definition) is 3. The second kappa shape index (κ2) is 10.4. The summed E-state index contributed by atoms with van der Waals surface area (Å²) < 4.78 is 27.5. The fourth-order valence-corrected chi connectivity index (χ4v) is 5.18. The van der Waals surface area contributed by atoms with Crippen LogP contribution in [0.1, 0.15) is 31.2 Å². The van der Waals surface area contributed by atoms with Crippen molar-refractivity contribution in [1.82, 2.24) is 9.62 Å². The maximum absolute atomic E-state index is 13.0. The van der Waals surface area contributed by atoms with Crippen LogP contribution in [0.25, 0.3) is 0 Å². The van der Waals surface area contributed by atoms with E-state index in [1.54, 1.807) is 31.2 Å². The lowest BCUT2D eigenvalue weighted by Crippen LogP contribution is -2.36. The van der Waals surface area contributed by atoms with Crippen LogP contribution < -0.4 is 16.0 Å². The van der Waals surface area contributed by atoms with Gasteiger partial charge in [0.25, 0.3) is 0 Å². The molecule has 3 rings (SSSR count). The van der Waals surface area contributed by atoms with Crippen LogP contribution in [0.2, 0.25) is 0 Å². The Morgan fingerprint density at radius 2 is 1.65 bits per heavy atom. The number of sulfonamides is 1. The Morgan fingerprint density at radius 3 is 2.35 bits per heavy atom. The van der Waals surface area contributed by atoms with Crippen LogP contribution in [-0.4, -0.2) is 44.3 Å². The summed E-state index contributed by atoms with van der Waals surface area (Å²) in [6, 6.07) is 13.5. The van der Waals surface area contributed by atoms with E-state index < -0.39 is 16.1 Å². The molecule has 1 fully saturated rings. The molecule has 0 aromatic heterocycles. The lowest BCUT2D eigenvalue weighted by atomic mass is 10.2. The lowest BCUT2D eigenvalue weighted by molar-refractivity contribution is -0.116. The molecule has 3 amide bonds. The third-order valence-corrected chi connectivity index (χ3v) is 7.11. The molecule has 9 heteroatoms. The molecule has 2 aromatic carbocycles. The normalized spacial score (nSPS) is 14.6. The van der Waals surface area contributed by atoms with Crippen molar-refractivity contribution >= 4 is 33.3 Å². The van der Waals surface area contributed by atoms with Crippen LogP contribution in [-0.2, 0) is 14.8 Å². The number of nitrogens with one attached hydrogen (secondary N) is 3. The molecule has 1 heterocycles. The molecule has 0 saturated carbocycles. The summed E-state index contributed by atoms with van der Waals surface area (Å²) in [7, 11) is -3.59. The van der Waals surface area contributed by atoms with Gasteiger partial charge >= 0.3 is 6.03 Å². The van der Waals surface area contributed by atoms with Crippen molar-refractivity contribution in [2.75, 3.05) is 30.3 Å². The Hall–Kier alpha value is -2.91. The molecule has 0 aliphatic carbocycles. The van der Waals surface area contributed by atoms with E-state index in [0.29, 0.717) is 30.0 Å². The number of piperidine rings is 1. The number of amides is 3. The van der Waals surface area contributed by atoms with Crippen molar-refractivity contribution in [3.8, 4) is 0 Å².